The van der Waals surface area contributed by atoms with Gasteiger partial charge in [-0.2, -0.15) is 0 Å². The van der Waals surface area contributed by atoms with Crippen LogP contribution >= 0.6 is 0 Å². The van der Waals surface area contributed by atoms with Crippen molar-refractivity contribution in [3.05, 3.63) is 65.7 Å². The summed E-state index contributed by atoms with van der Waals surface area (Å²) in [6.07, 6.45) is 2.58. The predicted molar refractivity (Wildman–Crippen MR) is 121 cm³/mol. The van der Waals surface area contributed by atoms with Crippen molar-refractivity contribution in [1.29, 1.82) is 0 Å². The molecule has 2 aromatic rings. The molecule has 166 valence electrons. The summed E-state index contributed by atoms with van der Waals surface area (Å²) >= 11 is 0. The number of hydrogen-bond donors (Lipinski definition) is 3. The quantitative estimate of drug-likeness (QED) is 0.544. The van der Waals surface area contributed by atoms with Crippen LogP contribution in [0.2, 0.25) is 0 Å². The van der Waals surface area contributed by atoms with Gasteiger partial charge in [0, 0.05) is 24.9 Å². The lowest BCUT2D eigenvalue weighted by Crippen LogP contribution is -3.08. The molecule has 0 aromatic heterocycles. The molecule has 2 amide bonds. The van der Waals surface area contributed by atoms with E-state index >= 15 is 0 Å². The van der Waals surface area contributed by atoms with E-state index < -0.39 is 6.04 Å². The van der Waals surface area contributed by atoms with Crippen LogP contribution in [0.4, 0.5) is 0 Å². The zero-order valence-electron chi connectivity index (χ0n) is 18.5. The fourth-order valence-corrected chi connectivity index (χ4v) is 3.93. The maximum atomic E-state index is 12.9. The smallest absolute Gasteiger partial charge is 0.258 e. The molecule has 0 radical (unpaired) electrons. The van der Waals surface area contributed by atoms with Gasteiger partial charge in [0.15, 0.2) is 6.61 Å². The molecular weight excluding hydrogens is 390 g/mol. The topological polar surface area (TPSA) is 71.9 Å². The van der Waals surface area contributed by atoms with Crippen molar-refractivity contribution in [2.45, 2.75) is 45.8 Å². The molecular formula is C25H34N3O3+. The number of benzene rings is 2. The number of amides is 2. The Bertz CT molecular complexity index is 848. The van der Waals surface area contributed by atoms with Crippen LogP contribution in [0.1, 0.15) is 37.8 Å². The Morgan fingerprint density at radius 3 is 2.29 bits per heavy atom. The standard InChI is InChI=1S/C25H33N3O3/c1-19(2)24(27-23(29)18-31-22-12-4-3-5-13-22)25(30)26-16-20-10-6-7-11-21(20)17-28-14-8-9-15-28/h3-7,10-13,19,24H,8-9,14-18H2,1-2H3,(H,26,30)(H,27,29)/p+1/t24-/m0/s1. The van der Waals surface area contributed by atoms with Gasteiger partial charge in [-0.15, -0.1) is 0 Å². The van der Waals surface area contributed by atoms with Gasteiger partial charge in [-0.25, -0.2) is 0 Å². The van der Waals surface area contributed by atoms with Crippen LogP contribution < -0.4 is 20.3 Å². The molecule has 0 unspecified atom stereocenters. The van der Waals surface area contributed by atoms with Gasteiger partial charge >= 0.3 is 0 Å². The maximum absolute atomic E-state index is 12.9. The summed E-state index contributed by atoms with van der Waals surface area (Å²) < 4.78 is 5.49. The summed E-state index contributed by atoms with van der Waals surface area (Å²) in [5.41, 5.74) is 2.41. The van der Waals surface area contributed by atoms with E-state index in [0.717, 1.165) is 12.1 Å². The molecule has 1 saturated heterocycles. The number of carbonyl (C=O) groups excluding carboxylic acids is 2. The molecule has 3 rings (SSSR count). The van der Waals surface area contributed by atoms with Crippen LogP contribution in [-0.2, 0) is 22.7 Å². The molecule has 0 aliphatic carbocycles. The van der Waals surface area contributed by atoms with Gasteiger partial charge in [0.05, 0.1) is 13.1 Å². The Morgan fingerprint density at radius 1 is 0.968 bits per heavy atom. The lowest BCUT2D eigenvalue weighted by Gasteiger charge is -2.22. The summed E-state index contributed by atoms with van der Waals surface area (Å²) in [5.74, 6) is 0.104. The van der Waals surface area contributed by atoms with Crippen LogP contribution in [0.15, 0.2) is 54.6 Å². The molecule has 6 nitrogen and oxygen atoms in total. The molecule has 1 aliphatic rings. The van der Waals surface area contributed by atoms with E-state index in [0.29, 0.717) is 12.3 Å². The van der Waals surface area contributed by atoms with E-state index in [9.17, 15) is 9.59 Å². The molecule has 1 aliphatic heterocycles. The molecule has 0 saturated carbocycles. The fourth-order valence-electron chi connectivity index (χ4n) is 3.93. The Balaban J connectivity index is 1.53. The minimum absolute atomic E-state index is 0.0371. The molecule has 0 bridgehead atoms. The zero-order valence-corrected chi connectivity index (χ0v) is 18.5. The van der Waals surface area contributed by atoms with Crippen molar-refractivity contribution in [1.82, 2.24) is 10.6 Å². The van der Waals surface area contributed by atoms with Crippen molar-refractivity contribution in [3.63, 3.8) is 0 Å². The van der Waals surface area contributed by atoms with Gasteiger partial charge in [-0.05, 0) is 23.6 Å². The lowest BCUT2D eigenvalue weighted by atomic mass is 10.0. The first-order chi connectivity index (χ1) is 15.0. The third kappa shape index (κ3) is 7.10. The highest BCUT2D eigenvalue weighted by atomic mass is 16.5. The van der Waals surface area contributed by atoms with Gasteiger partial charge in [-0.1, -0.05) is 56.3 Å². The third-order valence-corrected chi connectivity index (χ3v) is 5.70. The third-order valence-electron chi connectivity index (χ3n) is 5.70. The Labute approximate surface area is 185 Å². The summed E-state index contributed by atoms with van der Waals surface area (Å²) in [7, 11) is 0. The Kier molecular flexibility index (Phi) is 8.47. The van der Waals surface area contributed by atoms with Gasteiger partial charge in [0.25, 0.3) is 5.91 Å². The average molecular weight is 425 g/mol. The first kappa shape index (κ1) is 22.8. The average Bonchev–Trinajstić information content (AvgIpc) is 3.29. The largest absolute Gasteiger partial charge is 0.484 e. The molecule has 1 heterocycles. The van der Waals surface area contributed by atoms with Crippen LogP contribution in [0.25, 0.3) is 0 Å². The monoisotopic (exact) mass is 424 g/mol. The van der Waals surface area contributed by atoms with E-state index in [1.54, 1.807) is 17.0 Å². The van der Waals surface area contributed by atoms with E-state index in [4.69, 9.17) is 4.74 Å². The first-order valence-corrected chi connectivity index (χ1v) is 11.2. The number of carbonyl (C=O) groups is 2. The highest BCUT2D eigenvalue weighted by molar-refractivity contribution is 5.88. The summed E-state index contributed by atoms with van der Waals surface area (Å²) in [4.78, 5) is 26.8. The van der Waals surface area contributed by atoms with Crippen molar-refractivity contribution in [2.75, 3.05) is 19.7 Å². The van der Waals surface area contributed by atoms with E-state index in [2.05, 4.69) is 28.8 Å². The molecule has 6 heteroatoms. The summed E-state index contributed by atoms with van der Waals surface area (Å²) in [6, 6.07) is 16.8. The normalized spacial score (nSPS) is 14.9. The first-order valence-electron chi connectivity index (χ1n) is 11.2. The molecule has 31 heavy (non-hydrogen) atoms. The van der Waals surface area contributed by atoms with Crippen LogP contribution in [-0.4, -0.2) is 37.6 Å². The second-order valence-electron chi connectivity index (χ2n) is 8.51. The highest BCUT2D eigenvalue weighted by Crippen LogP contribution is 2.10. The van der Waals surface area contributed by atoms with Gasteiger partial charge in [0.1, 0.15) is 18.3 Å². The van der Waals surface area contributed by atoms with Gasteiger partial charge < -0.3 is 20.3 Å². The Hall–Kier alpha value is -2.86. The highest BCUT2D eigenvalue weighted by Gasteiger charge is 2.24. The molecule has 0 spiro atoms. The van der Waals surface area contributed by atoms with Crippen molar-refractivity contribution in [3.8, 4) is 5.75 Å². The summed E-state index contributed by atoms with van der Waals surface area (Å²) in [5, 5.41) is 5.84. The number of rotatable bonds is 10. The van der Waals surface area contributed by atoms with Gasteiger partial charge in [0.2, 0.25) is 5.91 Å². The Morgan fingerprint density at radius 2 is 1.61 bits per heavy atom. The zero-order chi connectivity index (χ0) is 22.1. The van der Waals surface area contributed by atoms with Crippen LogP contribution in [0.3, 0.4) is 0 Å². The number of hydrogen-bond acceptors (Lipinski definition) is 3. The number of para-hydroxylation sites is 1. The summed E-state index contributed by atoms with van der Waals surface area (Å²) in [6.45, 7) is 7.61. The molecule has 1 fully saturated rings. The van der Waals surface area contributed by atoms with E-state index in [-0.39, 0.29) is 24.3 Å². The van der Waals surface area contributed by atoms with Crippen molar-refractivity contribution in [2.24, 2.45) is 5.92 Å². The van der Waals surface area contributed by atoms with Gasteiger partial charge in [-0.3, -0.25) is 9.59 Å². The molecule has 3 N–H and O–H groups in total. The number of nitrogens with one attached hydrogen (secondary N) is 3. The van der Waals surface area contributed by atoms with Crippen molar-refractivity contribution >= 4 is 11.8 Å². The number of likely N-dealkylation sites (tertiary alicyclic amines) is 1. The second-order valence-corrected chi connectivity index (χ2v) is 8.51. The second kappa shape index (κ2) is 11.5. The van der Waals surface area contributed by atoms with E-state index in [1.165, 1.54) is 31.5 Å². The molecule has 1 atom stereocenters. The lowest BCUT2D eigenvalue weighted by molar-refractivity contribution is -0.901. The van der Waals surface area contributed by atoms with Crippen molar-refractivity contribution < 1.29 is 19.2 Å². The minimum Gasteiger partial charge on any atom is -0.484 e. The van der Waals surface area contributed by atoms with E-state index in [1.807, 2.05) is 38.1 Å². The maximum Gasteiger partial charge on any atom is 0.258 e. The minimum atomic E-state index is -0.608. The van der Waals surface area contributed by atoms with Crippen LogP contribution in [0, 0.1) is 5.92 Å². The fraction of sp³-hybridized carbons (Fsp3) is 0.440. The predicted octanol–water partition coefficient (Wildman–Crippen LogP) is 1.70. The van der Waals surface area contributed by atoms with Crippen LogP contribution in [0.5, 0.6) is 5.75 Å². The SMILES string of the molecule is CC(C)[C@H](NC(=O)COc1ccccc1)C(=O)NCc1ccccc1C[NH+]1CCCC1. The number of ether oxygens (including phenoxy) is 1. The molecule has 2 aromatic carbocycles. The number of quaternary nitrogens is 1.